The van der Waals surface area contributed by atoms with E-state index in [-0.39, 0.29) is 11.3 Å². The summed E-state index contributed by atoms with van der Waals surface area (Å²) >= 11 is -1.80. The van der Waals surface area contributed by atoms with Crippen molar-refractivity contribution in [2.24, 2.45) is 0 Å². The van der Waals surface area contributed by atoms with Crippen molar-refractivity contribution < 1.29 is 40.0 Å². The summed E-state index contributed by atoms with van der Waals surface area (Å²) in [6.07, 6.45) is -9.99. The van der Waals surface area contributed by atoms with Gasteiger partial charge in [-0.3, -0.25) is 0 Å². The van der Waals surface area contributed by atoms with Gasteiger partial charge in [-0.25, -0.2) is 9.37 Å². The lowest BCUT2D eigenvalue weighted by atomic mass is 10.0. The van der Waals surface area contributed by atoms with Gasteiger partial charge < -0.3 is 9.29 Å². The lowest BCUT2D eigenvalue weighted by Gasteiger charge is -2.28. The number of rotatable bonds is 5. The summed E-state index contributed by atoms with van der Waals surface area (Å²) in [5, 5.41) is 0. The zero-order chi connectivity index (χ0) is 22.9. The van der Waals surface area contributed by atoms with Crippen LogP contribution in [0.5, 0.6) is 5.75 Å². The van der Waals surface area contributed by atoms with Gasteiger partial charge in [0.2, 0.25) is 0 Å². The van der Waals surface area contributed by atoms with Gasteiger partial charge in [0.15, 0.2) is 11.5 Å². The van der Waals surface area contributed by atoms with Crippen molar-refractivity contribution in [3.8, 4) is 5.75 Å². The Morgan fingerprint density at radius 2 is 1.53 bits per heavy atom. The molecule has 1 aromatic heterocycles. The maximum absolute atomic E-state index is 13.6. The van der Waals surface area contributed by atoms with Crippen LogP contribution in [0.25, 0.3) is 0 Å². The molecule has 0 aliphatic carbocycles. The highest BCUT2D eigenvalue weighted by atomic mass is 32.2. The van der Waals surface area contributed by atoms with Crippen molar-refractivity contribution in [3.63, 3.8) is 0 Å². The Kier molecular flexibility index (Phi) is 6.94. The van der Waals surface area contributed by atoms with Crippen LogP contribution in [0.3, 0.4) is 0 Å². The highest BCUT2D eigenvalue weighted by molar-refractivity contribution is 7.90. The number of pyridine rings is 1. The van der Waals surface area contributed by atoms with Crippen molar-refractivity contribution in [2.75, 3.05) is 0 Å². The normalized spacial score (nSPS) is 15.0. The van der Waals surface area contributed by atoms with E-state index in [1.165, 1.54) is 0 Å². The fourth-order valence-corrected chi connectivity index (χ4v) is 3.09. The molecule has 1 aromatic carbocycles. The summed E-state index contributed by atoms with van der Waals surface area (Å²) in [6, 6.07) is 4.51. The maximum Gasteiger partial charge on any atom is 0.573 e. The molecule has 12 heteroatoms. The average molecular weight is 458 g/mol. The fraction of sp³-hybridized carbons (Fsp3) is 0.389. The SMILES string of the molecule is CC(C)(C)[S@@+]([O-])N[C@H](c1ccc(OC(F)(F)F)cc1)c1ccc(F)c(C(F)(F)F)n1. The molecule has 4 nitrogen and oxygen atoms in total. The zero-order valence-electron chi connectivity index (χ0n) is 15.9. The number of aromatic nitrogens is 1. The fourth-order valence-electron chi connectivity index (χ4n) is 2.26. The van der Waals surface area contributed by atoms with E-state index in [1.807, 2.05) is 0 Å². The van der Waals surface area contributed by atoms with Crippen molar-refractivity contribution in [2.45, 2.75) is 44.1 Å². The minimum absolute atomic E-state index is 0.148. The van der Waals surface area contributed by atoms with Crippen LogP contribution in [-0.4, -0.2) is 20.6 Å². The zero-order valence-corrected chi connectivity index (χ0v) is 16.7. The molecule has 0 fully saturated rings. The first-order valence-corrected chi connectivity index (χ1v) is 9.50. The van der Waals surface area contributed by atoms with Gasteiger partial charge in [-0.1, -0.05) is 12.1 Å². The summed E-state index contributed by atoms with van der Waals surface area (Å²) in [7, 11) is 0. The second-order valence-electron chi connectivity index (χ2n) is 7.11. The standard InChI is InChI=1S/C18H17F7N2O2S/c1-16(2,3)30(28)27-14(10-4-6-11(7-5-10)29-18(23,24)25)13-9-8-12(19)15(26-13)17(20,21)22/h4-9,14,27H,1-3H3/t14-,30-/m1/s1. The second kappa shape index (κ2) is 8.60. The number of ether oxygens (including phenoxy) is 1. The number of nitrogens with one attached hydrogen (secondary N) is 1. The Labute approximate surface area is 170 Å². The molecule has 166 valence electrons. The number of hydrogen-bond acceptors (Lipinski definition) is 4. The highest BCUT2D eigenvalue weighted by Gasteiger charge is 2.38. The Hall–Kier alpha value is -2.05. The predicted molar refractivity (Wildman–Crippen MR) is 95.2 cm³/mol. The highest BCUT2D eigenvalue weighted by Crippen LogP contribution is 2.33. The van der Waals surface area contributed by atoms with Crippen molar-refractivity contribution in [1.29, 1.82) is 0 Å². The van der Waals surface area contributed by atoms with Crippen LogP contribution >= 0.6 is 0 Å². The largest absolute Gasteiger partial charge is 0.598 e. The molecule has 0 unspecified atom stereocenters. The molecule has 30 heavy (non-hydrogen) atoms. The van der Waals surface area contributed by atoms with Gasteiger partial charge in [-0.2, -0.15) is 13.2 Å². The van der Waals surface area contributed by atoms with Crippen molar-refractivity contribution in [3.05, 3.63) is 59.2 Å². The summed E-state index contributed by atoms with van der Waals surface area (Å²) in [4.78, 5) is 3.33. The van der Waals surface area contributed by atoms with Gasteiger partial charge >= 0.3 is 12.5 Å². The van der Waals surface area contributed by atoms with Crippen molar-refractivity contribution in [1.82, 2.24) is 9.71 Å². The third-order valence-electron chi connectivity index (χ3n) is 3.66. The van der Waals surface area contributed by atoms with E-state index in [2.05, 4.69) is 14.4 Å². The number of nitrogens with zero attached hydrogens (tertiary/aromatic N) is 1. The van der Waals surface area contributed by atoms with E-state index >= 15 is 0 Å². The lowest BCUT2D eigenvalue weighted by Crippen LogP contribution is -2.42. The Bertz CT molecular complexity index is 865. The molecular weight excluding hydrogens is 441 g/mol. The van der Waals surface area contributed by atoms with E-state index in [1.54, 1.807) is 20.8 Å². The molecule has 1 heterocycles. The minimum atomic E-state index is -5.07. The molecule has 0 bridgehead atoms. The number of hydrogen-bond donors (Lipinski definition) is 1. The lowest BCUT2D eigenvalue weighted by molar-refractivity contribution is -0.274. The van der Waals surface area contributed by atoms with Crippen LogP contribution in [0, 0.1) is 5.82 Å². The molecule has 2 atom stereocenters. The van der Waals surface area contributed by atoms with Crippen LogP contribution in [-0.2, 0) is 17.5 Å². The van der Waals surface area contributed by atoms with Crippen LogP contribution in [0.2, 0.25) is 0 Å². The van der Waals surface area contributed by atoms with E-state index in [0.29, 0.717) is 6.07 Å². The number of halogens is 7. The molecule has 0 radical (unpaired) electrons. The van der Waals surface area contributed by atoms with Crippen LogP contribution in [0.1, 0.15) is 43.8 Å². The van der Waals surface area contributed by atoms with Gasteiger partial charge in [0.05, 0.1) is 5.69 Å². The van der Waals surface area contributed by atoms with Crippen LogP contribution in [0.15, 0.2) is 36.4 Å². The Morgan fingerprint density at radius 3 is 2.00 bits per heavy atom. The van der Waals surface area contributed by atoms with Gasteiger partial charge in [-0.05, 0) is 50.6 Å². The van der Waals surface area contributed by atoms with E-state index in [4.69, 9.17) is 0 Å². The molecule has 1 N–H and O–H groups in total. The summed E-state index contributed by atoms with van der Waals surface area (Å²) in [6.45, 7) is 4.81. The first kappa shape index (κ1) is 24.2. The molecule has 0 aliphatic heterocycles. The molecule has 2 aromatic rings. The topological polar surface area (TPSA) is 57.2 Å². The number of alkyl halides is 6. The summed E-state index contributed by atoms with van der Waals surface area (Å²) in [5.41, 5.74) is -1.93. The van der Waals surface area contributed by atoms with Crippen LogP contribution in [0.4, 0.5) is 30.7 Å². The summed E-state index contributed by atoms with van der Waals surface area (Å²) in [5.74, 6) is -2.14. The Morgan fingerprint density at radius 1 is 0.967 bits per heavy atom. The van der Waals surface area contributed by atoms with Gasteiger partial charge in [0.1, 0.15) is 16.5 Å². The van der Waals surface area contributed by atoms with Gasteiger partial charge in [-0.15, -0.1) is 17.9 Å². The third kappa shape index (κ3) is 6.47. The smallest absolute Gasteiger partial charge is 0.573 e. The van der Waals surface area contributed by atoms with E-state index in [9.17, 15) is 35.3 Å². The average Bonchev–Trinajstić information content (AvgIpc) is 2.58. The first-order chi connectivity index (χ1) is 13.6. The summed E-state index contributed by atoms with van der Waals surface area (Å²) < 4.78 is 108. The quantitative estimate of drug-likeness (QED) is 0.489. The third-order valence-corrected chi connectivity index (χ3v) is 5.22. The molecule has 0 spiro atoms. The molecule has 2 rings (SSSR count). The molecule has 0 saturated heterocycles. The molecule has 0 amide bonds. The molecule has 0 saturated carbocycles. The van der Waals surface area contributed by atoms with Gasteiger partial charge in [0.25, 0.3) is 0 Å². The number of benzene rings is 1. The predicted octanol–water partition coefficient (Wildman–Crippen LogP) is 5.28. The Balaban J connectivity index is 2.49. The van der Waals surface area contributed by atoms with Crippen LogP contribution < -0.4 is 9.46 Å². The first-order valence-electron chi connectivity index (χ1n) is 8.35. The second-order valence-corrected chi connectivity index (χ2v) is 9.11. The molecule has 0 aliphatic rings. The van der Waals surface area contributed by atoms with E-state index < -0.39 is 52.0 Å². The monoisotopic (exact) mass is 458 g/mol. The van der Waals surface area contributed by atoms with Gasteiger partial charge in [0, 0.05) is 11.4 Å². The maximum atomic E-state index is 13.6. The molecular formula is C18H17F7N2O2S. The van der Waals surface area contributed by atoms with Crippen molar-refractivity contribution >= 4 is 11.4 Å². The van der Waals surface area contributed by atoms with E-state index in [0.717, 1.165) is 30.3 Å². The minimum Gasteiger partial charge on any atom is -0.598 e.